The van der Waals surface area contributed by atoms with E-state index in [1.807, 2.05) is 0 Å². The zero-order valence-corrected chi connectivity index (χ0v) is 11.3. The fraction of sp³-hybridized carbons (Fsp3) is 0.308. The lowest BCUT2D eigenvalue weighted by molar-refractivity contribution is -0.148. The summed E-state index contributed by atoms with van der Waals surface area (Å²) in [5, 5.41) is 0. The third kappa shape index (κ3) is 3.04. The number of esters is 1. The molecule has 1 aromatic rings. The van der Waals surface area contributed by atoms with Crippen LogP contribution in [0.1, 0.15) is 12.5 Å². The van der Waals surface area contributed by atoms with Crippen LogP contribution in [0.15, 0.2) is 24.5 Å². The summed E-state index contributed by atoms with van der Waals surface area (Å²) in [7, 11) is 0. The van der Waals surface area contributed by atoms with Gasteiger partial charge in [0.05, 0.1) is 13.2 Å². The highest BCUT2D eigenvalue weighted by Gasteiger charge is 2.45. The van der Waals surface area contributed by atoms with E-state index < -0.39 is 30.4 Å². The van der Waals surface area contributed by atoms with Gasteiger partial charge in [-0.25, -0.2) is 9.69 Å². The van der Waals surface area contributed by atoms with Gasteiger partial charge in [0.1, 0.15) is 6.54 Å². The predicted molar refractivity (Wildman–Crippen MR) is 68.5 cm³/mol. The van der Waals surface area contributed by atoms with E-state index >= 15 is 0 Å². The molecule has 2 heterocycles. The van der Waals surface area contributed by atoms with Crippen molar-refractivity contribution in [1.29, 1.82) is 0 Å². The van der Waals surface area contributed by atoms with Crippen molar-refractivity contribution in [2.75, 3.05) is 13.2 Å². The van der Waals surface area contributed by atoms with Crippen LogP contribution in [0.4, 0.5) is 4.79 Å². The summed E-state index contributed by atoms with van der Waals surface area (Å²) >= 11 is 0. The van der Waals surface area contributed by atoms with Gasteiger partial charge >= 0.3 is 23.8 Å². The average Bonchev–Trinajstić information content (AvgIpc) is 2.66. The highest BCUT2D eigenvalue weighted by Crippen LogP contribution is 2.15. The molecule has 0 bridgehead atoms. The van der Waals surface area contributed by atoms with E-state index in [0.717, 1.165) is 4.90 Å². The van der Waals surface area contributed by atoms with Gasteiger partial charge in [-0.3, -0.25) is 24.3 Å². The number of ether oxygens (including phenoxy) is 1. The van der Waals surface area contributed by atoms with Crippen molar-refractivity contribution >= 4 is 23.8 Å². The Hall–Kier alpha value is -2.77. The number of amides is 4. The molecule has 2 rings (SSSR count). The maximum absolute atomic E-state index is 12.1. The summed E-state index contributed by atoms with van der Waals surface area (Å²) in [6.45, 7) is 1.09. The lowest BCUT2D eigenvalue weighted by Gasteiger charge is -2.14. The standard InChI is InChI=1S/C13H13N3O5/c1-2-21-10(17)8-16-12(19)11(18)15(13(16)20)7-9-4-3-5-14-6-9/h3-6H,2,7-8H2,1H3. The molecular weight excluding hydrogens is 278 g/mol. The van der Waals surface area contributed by atoms with E-state index in [2.05, 4.69) is 9.72 Å². The highest BCUT2D eigenvalue weighted by atomic mass is 16.5. The zero-order valence-electron chi connectivity index (χ0n) is 11.3. The van der Waals surface area contributed by atoms with Gasteiger partial charge < -0.3 is 4.74 Å². The van der Waals surface area contributed by atoms with Crippen molar-refractivity contribution < 1.29 is 23.9 Å². The van der Waals surface area contributed by atoms with Gasteiger partial charge in [-0.15, -0.1) is 0 Å². The second kappa shape index (κ2) is 6.12. The SMILES string of the molecule is CCOC(=O)CN1C(=O)C(=O)N(Cc2cccnc2)C1=O. The molecule has 0 aliphatic carbocycles. The Morgan fingerprint density at radius 2 is 1.95 bits per heavy atom. The Bertz CT molecular complexity index is 587. The maximum Gasteiger partial charge on any atom is 0.335 e. The van der Waals surface area contributed by atoms with Crippen LogP contribution in [0.2, 0.25) is 0 Å². The second-order valence-electron chi connectivity index (χ2n) is 4.23. The molecule has 0 spiro atoms. The number of urea groups is 1. The minimum Gasteiger partial charge on any atom is -0.465 e. The van der Waals surface area contributed by atoms with Crippen molar-refractivity contribution in [2.24, 2.45) is 0 Å². The van der Waals surface area contributed by atoms with Crippen LogP contribution in [-0.4, -0.2) is 51.8 Å². The van der Waals surface area contributed by atoms with Crippen molar-refractivity contribution in [1.82, 2.24) is 14.8 Å². The monoisotopic (exact) mass is 291 g/mol. The van der Waals surface area contributed by atoms with Crippen LogP contribution in [0.3, 0.4) is 0 Å². The molecule has 0 saturated carbocycles. The predicted octanol–water partition coefficient (Wildman–Crippen LogP) is -0.0645. The molecule has 0 N–H and O–H groups in total. The van der Waals surface area contributed by atoms with Gasteiger partial charge in [-0.2, -0.15) is 0 Å². The van der Waals surface area contributed by atoms with Crippen LogP contribution in [-0.2, 0) is 25.7 Å². The van der Waals surface area contributed by atoms with Gasteiger partial charge in [0.15, 0.2) is 0 Å². The number of hydrogen-bond acceptors (Lipinski definition) is 6. The second-order valence-corrected chi connectivity index (χ2v) is 4.23. The molecule has 4 amide bonds. The largest absolute Gasteiger partial charge is 0.465 e. The van der Waals surface area contributed by atoms with Crippen LogP contribution in [0.25, 0.3) is 0 Å². The van der Waals surface area contributed by atoms with Crippen LogP contribution in [0.5, 0.6) is 0 Å². The third-order valence-electron chi connectivity index (χ3n) is 2.79. The van der Waals surface area contributed by atoms with Gasteiger partial charge in [0.2, 0.25) is 0 Å². The number of pyridine rings is 1. The van der Waals surface area contributed by atoms with Crippen LogP contribution < -0.4 is 0 Å². The molecule has 1 aliphatic heterocycles. The molecule has 0 atom stereocenters. The van der Waals surface area contributed by atoms with Crippen molar-refractivity contribution in [2.45, 2.75) is 13.5 Å². The third-order valence-corrected chi connectivity index (χ3v) is 2.79. The Morgan fingerprint density at radius 1 is 1.24 bits per heavy atom. The Balaban J connectivity index is 2.11. The molecule has 110 valence electrons. The normalized spacial score (nSPS) is 14.8. The number of aromatic nitrogens is 1. The molecule has 21 heavy (non-hydrogen) atoms. The molecule has 1 fully saturated rings. The fourth-order valence-electron chi connectivity index (χ4n) is 1.84. The Morgan fingerprint density at radius 3 is 2.57 bits per heavy atom. The van der Waals surface area contributed by atoms with Crippen molar-refractivity contribution in [3.05, 3.63) is 30.1 Å². The molecule has 1 aromatic heterocycles. The number of nitrogens with zero attached hydrogens (tertiary/aromatic N) is 3. The summed E-state index contributed by atoms with van der Waals surface area (Å²) in [6, 6.07) is 2.49. The minimum absolute atomic E-state index is 0.0728. The van der Waals surface area contributed by atoms with E-state index in [0.29, 0.717) is 10.5 Å². The van der Waals surface area contributed by atoms with Crippen LogP contribution >= 0.6 is 0 Å². The fourth-order valence-corrected chi connectivity index (χ4v) is 1.84. The summed E-state index contributed by atoms with van der Waals surface area (Å²) in [5.74, 6) is -2.74. The first-order valence-electron chi connectivity index (χ1n) is 6.26. The van der Waals surface area contributed by atoms with E-state index in [9.17, 15) is 19.2 Å². The molecule has 8 heteroatoms. The molecular formula is C13H13N3O5. The summed E-state index contributed by atoms with van der Waals surface area (Å²) in [5.41, 5.74) is 0.602. The summed E-state index contributed by atoms with van der Waals surface area (Å²) < 4.78 is 4.66. The average molecular weight is 291 g/mol. The topological polar surface area (TPSA) is 96.9 Å². The first-order valence-corrected chi connectivity index (χ1v) is 6.26. The molecule has 1 saturated heterocycles. The van der Waals surface area contributed by atoms with Crippen LogP contribution in [0, 0.1) is 0 Å². The van der Waals surface area contributed by atoms with E-state index in [-0.39, 0.29) is 13.2 Å². The Kier molecular flexibility index (Phi) is 4.27. The smallest absolute Gasteiger partial charge is 0.335 e. The highest BCUT2D eigenvalue weighted by molar-refractivity contribution is 6.44. The lowest BCUT2D eigenvalue weighted by Crippen LogP contribution is -2.37. The summed E-state index contributed by atoms with van der Waals surface area (Å²) in [6.07, 6.45) is 3.04. The van der Waals surface area contributed by atoms with Gasteiger partial charge in [-0.1, -0.05) is 6.07 Å². The number of carbonyl (C=O) groups excluding carboxylic acids is 4. The van der Waals surface area contributed by atoms with E-state index in [1.165, 1.54) is 6.20 Å². The van der Waals surface area contributed by atoms with Gasteiger partial charge in [0.25, 0.3) is 0 Å². The molecule has 0 unspecified atom stereocenters. The maximum atomic E-state index is 12.1. The number of imide groups is 2. The molecule has 0 radical (unpaired) electrons. The van der Waals surface area contributed by atoms with Gasteiger partial charge in [-0.05, 0) is 18.6 Å². The van der Waals surface area contributed by atoms with Crippen molar-refractivity contribution in [3.8, 4) is 0 Å². The molecule has 8 nitrogen and oxygen atoms in total. The number of carbonyl (C=O) groups is 4. The van der Waals surface area contributed by atoms with E-state index in [4.69, 9.17) is 0 Å². The van der Waals surface area contributed by atoms with Gasteiger partial charge in [0, 0.05) is 12.4 Å². The quantitative estimate of drug-likeness (QED) is 0.428. The first-order chi connectivity index (χ1) is 10.0. The lowest BCUT2D eigenvalue weighted by atomic mass is 10.3. The summed E-state index contributed by atoms with van der Waals surface area (Å²) in [4.78, 5) is 52.2. The number of rotatable bonds is 5. The minimum atomic E-state index is -1.03. The molecule has 1 aliphatic rings. The number of hydrogen-bond donors (Lipinski definition) is 0. The molecule has 0 aromatic carbocycles. The first kappa shape index (κ1) is 14.6. The van der Waals surface area contributed by atoms with E-state index in [1.54, 1.807) is 25.3 Å². The van der Waals surface area contributed by atoms with Crippen molar-refractivity contribution in [3.63, 3.8) is 0 Å². The Labute approximate surface area is 120 Å². The zero-order chi connectivity index (χ0) is 15.4.